The molecule has 0 unspecified atom stereocenters. The number of hydrogen-bond donors (Lipinski definition) is 0. The molecular weight excluding hydrogens is 166 g/mol. The van der Waals surface area contributed by atoms with E-state index in [4.69, 9.17) is 4.84 Å². The molecule has 0 aromatic heterocycles. The van der Waals surface area contributed by atoms with Crippen LogP contribution in [0.1, 0.15) is 19.8 Å². The molecular formula is C7H14ClNO2. The van der Waals surface area contributed by atoms with Crippen molar-refractivity contribution in [2.75, 3.05) is 20.1 Å². The van der Waals surface area contributed by atoms with Crippen molar-refractivity contribution in [2.45, 2.75) is 19.8 Å². The summed E-state index contributed by atoms with van der Waals surface area (Å²) in [4.78, 5) is 15.7. The van der Waals surface area contributed by atoms with E-state index in [2.05, 4.69) is 0 Å². The molecule has 66 valence electrons. The predicted molar refractivity (Wildman–Crippen MR) is 36.9 cm³/mol. The third-order valence-electron chi connectivity index (χ3n) is 1.86. The second-order valence-corrected chi connectivity index (χ2v) is 3.03. The van der Waals surface area contributed by atoms with Gasteiger partial charge in [-0.2, -0.15) is 0 Å². The molecule has 1 fully saturated rings. The quantitative estimate of drug-likeness (QED) is 0.424. The Morgan fingerprint density at radius 3 is 2.18 bits per heavy atom. The molecule has 4 heteroatoms. The molecule has 0 N–H and O–H groups in total. The normalized spacial score (nSPS) is 20.5. The molecule has 1 heterocycles. The second kappa shape index (κ2) is 3.93. The summed E-state index contributed by atoms with van der Waals surface area (Å²) in [5.41, 5.74) is 0. The summed E-state index contributed by atoms with van der Waals surface area (Å²) in [7, 11) is 1.95. The number of hydroxylamine groups is 3. The standard InChI is InChI=1S/C7H14NO2.ClH/c1-7(9)10-8(2)5-3-4-6-8;/h3-6H2,1-2H3;1H/q+1;/p-1. The molecule has 3 nitrogen and oxygen atoms in total. The molecule has 0 aromatic carbocycles. The average molecular weight is 180 g/mol. The lowest BCUT2D eigenvalue weighted by atomic mass is 10.4. The van der Waals surface area contributed by atoms with Crippen LogP contribution < -0.4 is 12.4 Å². The van der Waals surface area contributed by atoms with Gasteiger partial charge in [0.2, 0.25) is 0 Å². The Balaban J connectivity index is 0.000001000. The summed E-state index contributed by atoms with van der Waals surface area (Å²) in [5, 5.41) is 0. The minimum Gasteiger partial charge on any atom is -1.00 e. The topological polar surface area (TPSA) is 26.3 Å². The fourth-order valence-electron chi connectivity index (χ4n) is 1.41. The predicted octanol–water partition coefficient (Wildman–Crippen LogP) is -2.29. The van der Waals surface area contributed by atoms with E-state index >= 15 is 0 Å². The van der Waals surface area contributed by atoms with E-state index in [-0.39, 0.29) is 18.4 Å². The smallest absolute Gasteiger partial charge is 0.363 e. The third kappa shape index (κ3) is 3.08. The monoisotopic (exact) mass is 179 g/mol. The lowest BCUT2D eigenvalue weighted by Crippen LogP contribution is -3.00. The molecule has 1 aliphatic heterocycles. The van der Waals surface area contributed by atoms with Crippen LogP contribution in [0.3, 0.4) is 0 Å². The minimum absolute atomic E-state index is 0. The van der Waals surface area contributed by atoms with Gasteiger partial charge < -0.3 is 12.4 Å². The van der Waals surface area contributed by atoms with Gasteiger partial charge in [-0.3, -0.25) is 4.84 Å². The van der Waals surface area contributed by atoms with E-state index in [9.17, 15) is 4.79 Å². The molecule has 1 saturated heterocycles. The zero-order chi connectivity index (χ0) is 7.61. The van der Waals surface area contributed by atoms with E-state index < -0.39 is 0 Å². The summed E-state index contributed by atoms with van der Waals surface area (Å²) in [6.45, 7) is 3.40. The van der Waals surface area contributed by atoms with E-state index in [1.807, 2.05) is 7.05 Å². The second-order valence-electron chi connectivity index (χ2n) is 3.03. The van der Waals surface area contributed by atoms with Gasteiger partial charge >= 0.3 is 5.97 Å². The van der Waals surface area contributed by atoms with Gasteiger partial charge in [-0.25, -0.2) is 4.79 Å². The lowest BCUT2D eigenvalue weighted by Gasteiger charge is -2.24. The third-order valence-corrected chi connectivity index (χ3v) is 1.86. The maximum absolute atomic E-state index is 10.6. The number of hydrogen-bond acceptors (Lipinski definition) is 2. The van der Waals surface area contributed by atoms with Crippen LogP contribution in [0.15, 0.2) is 0 Å². The molecule has 0 bridgehead atoms. The van der Waals surface area contributed by atoms with Crippen molar-refractivity contribution >= 4 is 5.97 Å². The van der Waals surface area contributed by atoms with Crippen molar-refractivity contribution < 1.29 is 26.7 Å². The maximum atomic E-state index is 10.6. The Hall–Kier alpha value is -0.280. The maximum Gasteiger partial charge on any atom is 0.363 e. The van der Waals surface area contributed by atoms with Crippen molar-refractivity contribution in [1.29, 1.82) is 0 Å². The molecule has 1 aliphatic rings. The minimum atomic E-state index is -0.176. The highest BCUT2D eigenvalue weighted by atomic mass is 35.5. The van der Waals surface area contributed by atoms with Crippen LogP contribution in [-0.2, 0) is 9.63 Å². The molecule has 0 amide bonds. The van der Waals surface area contributed by atoms with Crippen molar-refractivity contribution in [3.8, 4) is 0 Å². The summed E-state index contributed by atoms with van der Waals surface area (Å²) in [6.07, 6.45) is 2.34. The molecule has 0 aliphatic carbocycles. The number of likely N-dealkylation sites (tertiary alicyclic amines) is 1. The number of halogens is 1. The van der Waals surface area contributed by atoms with Crippen molar-refractivity contribution in [2.24, 2.45) is 0 Å². The van der Waals surface area contributed by atoms with Gasteiger partial charge in [0, 0.05) is 19.8 Å². The molecule has 0 spiro atoms. The first-order valence-corrected chi connectivity index (χ1v) is 3.67. The van der Waals surface area contributed by atoms with Crippen LogP contribution in [0, 0.1) is 0 Å². The first-order valence-electron chi connectivity index (χ1n) is 3.67. The summed E-state index contributed by atoms with van der Waals surface area (Å²) < 4.78 is 0.481. The number of nitrogens with zero attached hydrogens (tertiary/aromatic N) is 1. The summed E-state index contributed by atoms with van der Waals surface area (Å²) in [5.74, 6) is -0.176. The van der Waals surface area contributed by atoms with Crippen LogP contribution in [0.25, 0.3) is 0 Å². The summed E-state index contributed by atoms with van der Waals surface area (Å²) in [6, 6.07) is 0. The van der Waals surface area contributed by atoms with E-state index in [0.29, 0.717) is 4.65 Å². The first kappa shape index (κ1) is 10.7. The highest BCUT2D eigenvalue weighted by molar-refractivity contribution is 5.65. The van der Waals surface area contributed by atoms with Gasteiger partial charge in [0.25, 0.3) is 0 Å². The van der Waals surface area contributed by atoms with Crippen LogP contribution in [0.5, 0.6) is 0 Å². The average Bonchev–Trinajstić information content (AvgIpc) is 2.12. The Labute approximate surface area is 73.3 Å². The number of carbonyl (C=O) groups excluding carboxylic acids is 1. The van der Waals surface area contributed by atoms with Gasteiger partial charge in [-0.15, -0.1) is 4.65 Å². The largest absolute Gasteiger partial charge is 1.00 e. The van der Waals surface area contributed by atoms with Crippen molar-refractivity contribution in [3.05, 3.63) is 0 Å². The SMILES string of the molecule is CC(=O)O[N+]1(C)CCCC1.[Cl-]. The molecule has 0 radical (unpaired) electrons. The van der Waals surface area contributed by atoms with Gasteiger partial charge in [0.1, 0.15) is 20.1 Å². The zero-order valence-corrected chi connectivity index (χ0v) is 7.73. The molecule has 11 heavy (non-hydrogen) atoms. The van der Waals surface area contributed by atoms with Crippen LogP contribution in [0.2, 0.25) is 0 Å². The highest BCUT2D eigenvalue weighted by Gasteiger charge is 2.30. The fourth-order valence-corrected chi connectivity index (χ4v) is 1.41. The Bertz CT molecular complexity index is 143. The highest BCUT2D eigenvalue weighted by Crippen LogP contribution is 2.16. The van der Waals surface area contributed by atoms with E-state index in [1.165, 1.54) is 19.8 Å². The first-order chi connectivity index (χ1) is 4.62. The van der Waals surface area contributed by atoms with Crippen LogP contribution in [0.4, 0.5) is 0 Å². The van der Waals surface area contributed by atoms with E-state index in [1.54, 1.807) is 0 Å². The van der Waals surface area contributed by atoms with Gasteiger partial charge in [0.05, 0.1) is 0 Å². The van der Waals surface area contributed by atoms with Crippen molar-refractivity contribution in [3.63, 3.8) is 0 Å². The van der Waals surface area contributed by atoms with Gasteiger partial charge in [0.15, 0.2) is 0 Å². The van der Waals surface area contributed by atoms with Gasteiger partial charge in [-0.1, -0.05) is 0 Å². The lowest BCUT2D eigenvalue weighted by molar-refractivity contribution is -1.07. The molecule has 1 rings (SSSR count). The Morgan fingerprint density at radius 2 is 1.82 bits per heavy atom. The number of carbonyl (C=O) groups is 1. The molecule has 0 atom stereocenters. The van der Waals surface area contributed by atoms with E-state index in [0.717, 1.165) is 13.1 Å². The van der Waals surface area contributed by atoms with Crippen molar-refractivity contribution in [1.82, 2.24) is 0 Å². The van der Waals surface area contributed by atoms with Crippen LogP contribution in [-0.4, -0.2) is 30.8 Å². The van der Waals surface area contributed by atoms with Gasteiger partial charge in [-0.05, 0) is 0 Å². The molecule has 0 saturated carbocycles. The Kier molecular flexibility index (Phi) is 3.83. The zero-order valence-electron chi connectivity index (χ0n) is 6.97. The molecule has 0 aromatic rings. The summed E-state index contributed by atoms with van der Waals surface area (Å²) >= 11 is 0. The number of quaternary nitrogens is 1. The fraction of sp³-hybridized carbons (Fsp3) is 0.857. The number of rotatable bonds is 1. The Morgan fingerprint density at radius 1 is 1.36 bits per heavy atom. The van der Waals surface area contributed by atoms with Crippen LogP contribution >= 0.6 is 0 Å².